The van der Waals surface area contributed by atoms with E-state index in [0.717, 1.165) is 23.8 Å². The average Bonchev–Trinajstić information content (AvgIpc) is 2.78. The van der Waals surface area contributed by atoms with Gasteiger partial charge in [-0.15, -0.1) is 0 Å². The predicted molar refractivity (Wildman–Crippen MR) is 117 cm³/mol. The summed E-state index contributed by atoms with van der Waals surface area (Å²) < 4.78 is 42.7. The zero-order valence-electron chi connectivity index (χ0n) is 18.0. The van der Waals surface area contributed by atoms with Crippen molar-refractivity contribution in [1.29, 1.82) is 0 Å². The fraction of sp³-hybridized carbons (Fsp3) is 0.320. The molecule has 172 valence electrons. The van der Waals surface area contributed by atoms with E-state index in [1.165, 1.54) is 12.1 Å². The monoisotopic (exact) mass is 455 g/mol. The maximum atomic E-state index is 14.4. The Balaban J connectivity index is 1.63. The number of Topliss-reactive ketones (excluding diaryl/α,β-unsaturated/α-hetero) is 1. The number of halogens is 3. The van der Waals surface area contributed by atoms with Gasteiger partial charge >= 0.3 is 0 Å². The SMILES string of the molecule is C[C@H]1C[C@@H](c2ccncc2CC(=O)c2ccc(F)c(-c3c(F)cccc3F)n2)C[C@@H](N)[C@@H]1O. The van der Waals surface area contributed by atoms with Crippen molar-refractivity contribution in [2.24, 2.45) is 11.7 Å². The molecule has 0 radical (unpaired) electrons. The normalized spacial score (nSPS) is 22.8. The zero-order chi connectivity index (χ0) is 23.7. The van der Waals surface area contributed by atoms with E-state index in [-0.39, 0.29) is 30.0 Å². The van der Waals surface area contributed by atoms with Gasteiger partial charge in [0.15, 0.2) is 5.78 Å². The Hall–Kier alpha value is -3.10. The first-order valence-corrected chi connectivity index (χ1v) is 10.8. The Morgan fingerprint density at radius 3 is 2.52 bits per heavy atom. The van der Waals surface area contributed by atoms with Crippen LogP contribution in [0.3, 0.4) is 0 Å². The van der Waals surface area contributed by atoms with Crippen LogP contribution < -0.4 is 5.73 Å². The lowest BCUT2D eigenvalue weighted by molar-refractivity contribution is 0.0519. The topological polar surface area (TPSA) is 89.1 Å². The molecule has 1 fully saturated rings. The summed E-state index contributed by atoms with van der Waals surface area (Å²) in [5.41, 5.74) is 6.43. The number of pyridine rings is 2. The number of nitrogens with two attached hydrogens (primary N) is 1. The molecule has 3 aromatic rings. The van der Waals surface area contributed by atoms with Crippen molar-refractivity contribution < 1.29 is 23.1 Å². The van der Waals surface area contributed by atoms with Gasteiger partial charge in [-0.1, -0.05) is 13.0 Å². The number of hydrogen-bond acceptors (Lipinski definition) is 5. The molecule has 1 aliphatic rings. The van der Waals surface area contributed by atoms with Crippen LogP contribution in [0.4, 0.5) is 13.2 Å². The van der Waals surface area contributed by atoms with E-state index in [4.69, 9.17) is 5.73 Å². The van der Waals surface area contributed by atoms with Gasteiger partial charge in [-0.25, -0.2) is 18.2 Å². The molecule has 33 heavy (non-hydrogen) atoms. The molecule has 2 heterocycles. The number of carbonyl (C=O) groups excluding carboxylic acids is 1. The van der Waals surface area contributed by atoms with Crippen molar-refractivity contribution >= 4 is 5.78 Å². The molecule has 4 rings (SSSR count). The second-order valence-electron chi connectivity index (χ2n) is 8.60. The lowest BCUT2D eigenvalue weighted by Gasteiger charge is -2.36. The molecule has 0 unspecified atom stereocenters. The minimum atomic E-state index is -0.967. The minimum absolute atomic E-state index is 0.00690. The smallest absolute Gasteiger partial charge is 0.185 e. The zero-order valence-corrected chi connectivity index (χ0v) is 18.0. The van der Waals surface area contributed by atoms with Crippen LogP contribution in [0.2, 0.25) is 0 Å². The second kappa shape index (κ2) is 9.41. The molecule has 2 aromatic heterocycles. The number of aromatic nitrogens is 2. The molecule has 0 bridgehead atoms. The van der Waals surface area contributed by atoms with Crippen LogP contribution in [0.25, 0.3) is 11.3 Å². The van der Waals surface area contributed by atoms with Gasteiger partial charge < -0.3 is 10.8 Å². The van der Waals surface area contributed by atoms with Crippen molar-refractivity contribution in [2.45, 2.75) is 44.2 Å². The molecule has 0 amide bonds. The second-order valence-corrected chi connectivity index (χ2v) is 8.60. The molecule has 8 heteroatoms. The molecule has 1 saturated carbocycles. The summed E-state index contributed by atoms with van der Waals surface area (Å²) in [4.78, 5) is 21.1. The van der Waals surface area contributed by atoms with Gasteiger partial charge in [-0.3, -0.25) is 9.78 Å². The molecule has 0 saturated heterocycles. The van der Waals surface area contributed by atoms with Crippen molar-refractivity contribution in [3.05, 3.63) is 83.1 Å². The van der Waals surface area contributed by atoms with Crippen LogP contribution in [-0.4, -0.2) is 33.0 Å². The molecular weight excluding hydrogens is 431 g/mol. The molecule has 0 spiro atoms. The number of hydrogen-bond donors (Lipinski definition) is 2. The molecule has 1 aliphatic carbocycles. The Labute approximate surface area is 189 Å². The third-order valence-corrected chi connectivity index (χ3v) is 6.30. The number of ketones is 1. The van der Waals surface area contributed by atoms with E-state index in [2.05, 4.69) is 9.97 Å². The van der Waals surface area contributed by atoms with Gasteiger partial charge in [0.05, 0.1) is 11.7 Å². The molecule has 0 aliphatic heterocycles. The molecule has 3 N–H and O–H groups in total. The highest BCUT2D eigenvalue weighted by Gasteiger charge is 2.34. The summed E-state index contributed by atoms with van der Waals surface area (Å²) in [6, 6.07) is 6.82. The van der Waals surface area contributed by atoms with Crippen LogP contribution in [0, 0.1) is 23.4 Å². The number of aliphatic hydroxyl groups excluding tert-OH is 1. The van der Waals surface area contributed by atoms with Crippen molar-refractivity contribution in [3.8, 4) is 11.3 Å². The number of rotatable bonds is 5. The Bertz CT molecular complexity index is 1160. The van der Waals surface area contributed by atoms with Gasteiger partial charge in [0.2, 0.25) is 0 Å². The Morgan fingerprint density at radius 2 is 1.82 bits per heavy atom. The standard InChI is InChI=1S/C25H24F3N3O2/c1-13-9-14(10-20(29)25(13)33)16-7-8-30-12-15(16)11-22(32)21-6-5-19(28)24(31-21)23-17(26)3-2-4-18(23)27/h2-8,12-14,20,25,33H,9-11,29H2,1H3/t13-,14+,20+,25+/m0/s1. The third kappa shape index (κ3) is 4.67. The molecule has 1 aromatic carbocycles. The van der Waals surface area contributed by atoms with Crippen molar-refractivity contribution in [2.75, 3.05) is 0 Å². The number of benzene rings is 1. The van der Waals surface area contributed by atoms with Gasteiger partial charge in [-0.2, -0.15) is 0 Å². The van der Waals surface area contributed by atoms with Crippen LogP contribution in [0.1, 0.15) is 47.3 Å². The summed E-state index contributed by atoms with van der Waals surface area (Å²) in [5.74, 6) is -3.24. The highest BCUT2D eigenvalue weighted by atomic mass is 19.1. The lowest BCUT2D eigenvalue weighted by Crippen LogP contribution is -2.44. The highest BCUT2D eigenvalue weighted by molar-refractivity contribution is 5.96. The first-order valence-electron chi connectivity index (χ1n) is 10.8. The maximum Gasteiger partial charge on any atom is 0.185 e. The molecular formula is C25H24F3N3O2. The first-order chi connectivity index (χ1) is 15.8. The van der Waals surface area contributed by atoms with Crippen LogP contribution >= 0.6 is 0 Å². The van der Waals surface area contributed by atoms with Crippen LogP contribution in [0.15, 0.2) is 48.8 Å². The minimum Gasteiger partial charge on any atom is -0.391 e. The van der Waals surface area contributed by atoms with Crippen molar-refractivity contribution in [3.63, 3.8) is 0 Å². The molecule has 5 nitrogen and oxygen atoms in total. The summed E-state index contributed by atoms with van der Waals surface area (Å²) in [6.07, 6.45) is 3.88. The van der Waals surface area contributed by atoms with E-state index in [1.807, 2.05) is 13.0 Å². The third-order valence-electron chi connectivity index (χ3n) is 6.30. The largest absolute Gasteiger partial charge is 0.391 e. The Kier molecular flexibility index (Phi) is 6.58. The average molecular weight is 455 g/mol. The fourth-order valence-electron chi connectivity index (χ4n) is 4.57. The number of carbonyl (C=O) groups is 1. The van der Waals surface area contributed by atoms with E-state index >= 15 is 0 Å². The first kappa shape index (κ1) is 23.1. The fourth-order valence-corrected chi connectivity index (χ4v) is 4.57. The Morgan fingerprint density at radius 1 is 1.09 bits per heavy atom. The predicted octanol–water partition coefficient (Wildman–Crippen LogP) is 4.19. The summed E-state index contributed by atoms with van der Waals surface area (Å²) >= 11 is 0. The van der Waals surface area contributed by atoms with Gasteiger partial charge in [0.1, 0.15) is 28.8 Å². The van der Waals surface area contributed by atoms with E-state index in [9.17, 15) is 23.1 Å². The summed E-state index contributed by atoms with van der Waals surface area (Å²) in [6.45, 7) is 1.94. The van der Waals surface area contributed by atoms with Gasteiger partial charge in [-0.05, 0) is 66.1 Å². The van der Waals surface area contributed by atoms with E-state index < -0.39 is 40.6 Å². The van der Waals surface area contributed by atoms with Gasteiger partial charge in [0, 0.05) is 24.9 Å². The van der Waals surface area contributed by atoms with E-state index in [0.29, 0.717) is 18.4 Å². The molecule has 4 atom stereocenters. The summed E-state index contributed by atoms with van der Waals surface area (Å²) in [5, 5.41) is 10.2. The van der Waals surface area contributed by atoms with Crippen molar-refractivity contribution in [1.82, 2.24) is 9.97 Å². The summed E-state index contributed by atoms with van der Waals surface area (Å²) in [7, 11) is 0. The van der Waals surface area contributed by atoms with Gasteiger partial charge in [0.25, 0.3) is 0 Å². The lowest BCUT2D eigenvalue weighted by atomic mass is 9.74. The number of nitrogens with zero attached hydrogens (tertiary/aromatic N) is 2. The maximum absolute atomic E-state index is 14.4. The highest BCUT2D eigenvalue weighted by Crippen LogP contribution is 2.37. The quantitative estimate of drug-likeness (QED) is 0.564. The number of aliphatic hydroxyl groups is 1. The van der Waals surface area contributed by atoms with Crippen LogP contribution in [0.5, 0.6) is 0 Å². The van der Waals surface area contributed by atoms with Crippen LogP contribution in [-0.2, 0) is 6.42 Å². The van der Waals surface area contributed by atoms with E-state index in [1.54, 1.807) is 12.4 Å².